The summed E-state index contributed by atoms with van der Waals surface area (Å²) in [6, 6.07) is 4.44. The minimum absolute atomic E-state index is 0.00457. The monoisotopic (exact) mass is 298 g/mol. The van der Waals surface area contributed by atoms with Crippen LogP contribution in [-0.2, 0) is 6.42 Å². The van der Waals surface area contributed by atoms with Gasteiger partial charge in [0.1, 0.15) is 23.3 Å². The molecule has 1 atom stereocenters. The van der Waals surface area contributed by atoms with Crippen molar-refractivity contribution in [2.24, 2.45) is 5.84 Å². The SMILES string of the molecule is Cc1cc(C(Cc2ccc(F)cc2F)NN)c(F)cc1F. The third-order valence-corrected chi connectivity index (χ3v) is 3.29. The Balaban J connectivity index is 2.34. The van der Waals surface area contributed by atoms with E-state index in [1.165, 1.54) is 19.1 Å². The number of halogens is 4. The highest BCUT2D eigenvalue weighted by atomic mass is 19.1. The number of hydrogen-bond acceptors (Lipinski definition) is 2. The minimum Gasteiger partial charge on any atom is -0.271 e. The van der Waals surface area contributed by atoms with Gasteiger partial charge in [-0.1, -0.05) is 6.07 Å². The predicted octanol–water partition coefficient (Wildman–Crippen LogP) is 3.30. The molecule has 0 saturated heterocycles. The standard InChI is InChI=1S/C15H14F4N2/c1-8-4-11(14(19)7-12(8)17)15(21-20)5-9-2-3-10(16)6-13(9)18/h2-4,6-7,15,21H,5,20H2,1H3. The summed E-state index contributed by atoms with van der Waals surface area (Å²) in [4.78, 5) is 0. The molecule has 2 nitrogen and oxygen atoms in total. The number of hydrogen-bond donors (Lipinski definition) is 2. The average Bonchev–Trinajstić information content (AvgIpc) is 2.43. The van der Waals surface area contributed by atoms with Crippen LogP contribution in [0.5, 0.6) is 0 Å². The number of aryl methyl sites for hydroxylation is 1. The molecule has 21 heavy (non-hydrogen) atoms. The first-order valence-electron chi connectivity index (χ1n) is 6.28. The van der Waals surface area contributed by atoms with E-state index in [2.05, 4.69) is 5.43 Å². The molecule has 3 N–H and O–H groups in total. The highest BCUT2D eigenvalue weighted by Gasteiger charge is 2.19. The van der Waals surface area contributed by atoms with Crippen LogP contribution in [0.15, 0.2) is 30.3 Å². The fourth-order valence-corrected chi connectivity index (χ4v) is 2.11. The van der Waals surface area contributed by atoms with Crippen LogP contribution in [-0.4, -0.2) is 0 Å². The fraction of sp³-hybridized carbons (Fsp3) is 0.200. The van der Waals surface area contributed by atoms with Crippen LogP contribution in [0.3, 0.4) is 0 Å². The molecule has 0 aliphatic carbocycles. The van der Waals surface area contributed by atoms with Crippen molar-refractivity contribution >= 4 is 0 Å². The fourth-order valence-electron chi connectivity index (χ4n) is 2.11. The summed E-state index contributed by atoms with van der Waals surface area (Å²) in [7, 11) is 0. The molecule has 0 spiro atoms. The van der Waals surface area contributed by atoms with Crippen molar-refractivity contribution in [2.75, 3.05) is 0 Å². The summed E-state index contributed by atoms with van der Waals surface area (Å²) >= 11 is 0. The molecule has 1 unspecified atom stereocenters. The van der Waals surface area contributed by atoms with Crippen molar-refractivity contribution in [1.82, 2.24) is 5.43 Å². The Morgan fingerprint density at radius 2 is 1.71 bits per heavy atom. The number of benzene rings is 2. The Labute approximate surface area is 119 Å². The quantitative estimate of drug-likeness (QED) is 0.516. The van der Waals surface area contributed by atoms with Gasteiger partial charge in [-0.05, 0) is 36.6 Å². The first-order valence-corrected chi connectivity index (χ1v) is 6.28. The Bertz CT molecular complexity index is 658. The smallest absolute Gasteiger partial charge is 0.130 e. The normalized spacial score (nSPS) is 12.5. The molecule has 0 aliphatic heterocycles. The van der Waals surface area contributed by atoms with Gasteiger partial charge in [-0.3, -0.25) is 11.3 Å². The van der Waals surface area contributed by atoms with Crippen LogP contribution in [0.2, 0.25) is 0 Å². The molecule has 6 heteroatoms. The molecule has 0 saturated carbocycles. The molecule has 0 radical (unpaired) electrons. The van der Waals surface area contributed by atoms with Crippen molar-refractivity contribution < 1.29 is 17.6 Å². The van der Waals surface area contributed by atoms with Crippen LogP contribution < -0.4 is 11.3 Å². The molecule has 2 aromatic rings. The zero-order valence-corrected chi connectivity index (χ0v) is 11.3. The maximum absolute atomic E-state index is 13.8. The van der Waals surface area contributed by atoms with Crippen LogP contribution in [0, 0.1) is 30.2 Å². The third kappa shape index (κ3) is 3.40. The van der Waals surface area contributed by atoms with Gasteiger partial charge in [0.15, 0.2) is 0 Å². The molecule has 0 bridgehead atoms. The second-order valence-electron chi connectivity index (χ2n) is 4.78. The van der Waals surface area contributed by atoms with Crippen LogP contribution in [0.4, 0.5) is 17.6 Å². The lowest BCUT2D eigenvalue weighted by Gasteiger charge is -2.18. The minimum atomic E-state index is -0.774. The first-order chi connectivity index (χ1) is 9.92. The highest BCUT2D eigenvalue weighted by Crippen LogP contribution is 2.24. The van der Waals surface area contributed by atoms with Gasteiger partial charge in [0.2, 0.25) is 0 Å². The topological polar surface area (TPSA) is 38.0 Å². The highest BCUT2D eigenvalue weighted by molar-refractivity contribution is 5.30. The maximum atomic E-state index is 13.8. The van der Waals surface area contributed by atoms with Gasteiger partial charge in [0, 0.05) is 17.7 Å². The van der Waals surface area contributed by atoms with Gasteiger partial charge in [-0.25, -0.2) is 17.6 Å². The molecule has 0 amide bonds. The molecular weight excluding hydrogens is 284 g/mol. The van der Waals surface area contributed by atoms with Gasteiger partial charge < -0.3 is 0 Å². The molecule has 0 fully saturated rings. The zero-order chi connectivity index (χ0) is 15.6. The van der Waals surface area contributed by atoms with Gasteiger partial charge in [-0.15, -0.1) is 0 Å². The van der Waals surface area contributed by atoms with E-state index in [0.29, 0.717) is 0 Å². The first kappa shape index (κ1) is 15.5. The lowest BCUT2D eigenvalue weighted by Crippen LogP contribution is -2.30. The third-order valence-electron chi connectivity index (χ3n) is 3.29. The number of nitrogens with one attached hydrogen (secondary N) is 1. The summed E-state index contributed by atoms with van der Waals surface area (Å²) in [6.45, 7) is 1.49. The predicted molar refractivity (Wildman–Crippen MR) is 71.2 cm³/mol. The van der Waals surface area contributed by atoms with Gasteiger partial charge in [-0.2, -0.15) is 0 Å². The van der Waals surface area contributed by atoms with E-state index in [1.807, 2.05) is 0 Å². The van der Waals surface area contributed by atoms with Crippen molar-refractivity contribution in [3.05, 3.63) is 70.3 Å². The van der Waals surface area contributed by atoms with E-state index < -0.39 is 29.3 Å². The van der Waals surface area contributed by atoms with E-state index in [1.54, 1.807) is 0 Å². The van der Waals surface area contributed by atoms with E-state index in [4.69, 9.17) is 5.84 Å². The lowest BCUT2D eigenvalue weighted by atomic mass is 9.97. The van der Waals surface area contributed by atoms with Crippen LogP contribution >= 0.6 is 0 Å². The zero-order valence-electron chi connectivity index (χ0n) is 11.3. The van der Waals surface area contributed by atoms with E-state index in [-0.39, 0.29) is 23.1 Å². The summed E-state index contributed by atoms with van der Waals surface area (Å²) in [5.74, 6) is 2.50. The number of rotatable bonds is 4. The maximum Gasteiger partial charge on any atom is 0.130 e. The van der Waals surface area contributed by atoms with E-state index in [0.717, 1.165) is 18.2 Å². The summed E-state index contributed by atoms with van der Waals surface area (Å²) in [6.07, 6.45) is 0.00457. The Kier molecular flexibility index (Phi) is 4.59. The Hall–Kier alpha value is -1.92. The number of nitrogens with two attached hydrogens (primary N) is 1. The number of hydrazine groups is 1. The van der Waals surface area contributed by atoms with Gasteiger partial charge in [0.25, 0.3) is 0 Å². The molecule has 0 heterocycles. The largest absolute Gasteiger partial charge is 0.271 e. The molecule has 2 aromatic carbocycles. The second-order valence-corrected chi connectivity index (χ2v) is 4.78. The van der Waals surface area contributed by atoms with Crippen molar-refractivity contribution in [3.63, 3.8) is 0 Å². The van der Waals surface area contributed by atoms with Crippen LogP contribution in [0.25, 0.3) is 0 Å². The molecule has 0 aromatic heterocycles. The molecular formula is C15H14F4N2. The Morgan fingerprint density at radius 1 is 1.00 bits per heavy atom. The van der Waals surface area contributed by atoms with Crippen molar-refractivity contribution in [1.29, 1.82) is 0 Å². The molecule has 112 valence electrons. The second kappa shape index (κ2) is 6.24. The summed E-state index contributed by atoms with van der Waals surface area (Å²) in [5.41, 5.74) is 2.94. The van der Waals surface area contributed by atoms with Crippen molar-refractivity contribution in [3.8, 4) is 0 Å². The lowest BCUT2D eigenvalue weighted by molar-refractivity contribution is 0.489. The van der Waals surface area contributed by atoms with Gasteiger partial charge in [0.05, 0.1) is 6.04 Å². The van der Waals surface area contributed by atoms with Crippen LogP contribution in [0.1, 0.15) is 22.7 Å². The van der Waals surface area contributed by atoms with Crippen molar-refractivity contribution in [2.45, 2.75) is 19.4 Å². The summed E-state index contributed by atoms with van der Waals surface area (Å²) in [5, 5.41) is 0. The van der Waals surface area contributed by atoms with E-state index >= 15 is 0 Å². The summed E-state index contributed by atoms with van der Waals surface area (Å²) < 4.78 is 53.6. The Morgan fingerprint density at radius 3 is 2.33 bits per heavy atom. The molecule has 2 rings (SSSR count). The average molecular weight is 298 g/mol. The molecule has 0 aliphatic rings. The van der Waals surface area contributed by atoms with E-state index in [9.17, 15) is 17.6 Å². The van der Waals surface area contributed by atoms with Gasteiger partial charge >= 0.3 is 0 Å².